The second kappa shape index (κ2) is 8.15. The molecule has 28 heavy (non-hydrogen) atoms. The molecule has 1 heterocycles. The van der Waals surface area contributed by atoms with E-state index in [0.29, 0.717) is 4.70 Å². The van der Waals surface area contributed by atoms with E-state index < -0.39 is 23.5 Å². The number of rotatable bonds is 6. The Bertz CT molecular complexity index is 1000. The Balaban J connectivity index is 1.91. The van der Waals surface area contributed by atoms with Crippen LogP contribution in [0.2, 0.25) is 0 Å². The second-order valence-corrected chi connectivity index (χ2v) is 6.85. The van der Waals surface area contributed by atoms with Gasteiger partial charge in [0.2, 0.25) is 0 Å². The second-order valence-electron chi connectivity index (χ2n) is 5.77. The van der Waals surface area contributed by atoms with Gasteiger partial charge in [0.05, 0.1) is 22.7 Å². The van der Waals surface area contributed by atoms with Crippen LogP contribution in [-0.2, 0) is 10.9 Å². The summed E-state index contributed by atoms with van der Waals surface area (Å²) in [6, 6.07) is 8.61. The number of ether oxygens (including phenoxy) is 2. The van der Waals surface area contributed by atoms with E-state index in [1.165, 1.54) is 25.3 Å². The summed E-state index contributed by atoms with van der Waals surface area (Å²) in [5.74, 6) is -1.06. The molecule has 0 bridgehead atoms. The van der Waals surface area contributed by atoms with Crippen molar-refractivity contribution < 1.29 is 31.8 Å². The third kappa shape index (κ3) is 4.42. The van der Waals surface area contributed by atoms with Gasteiger partial charge < -0.3 is 14.8 Å². The predicted octanol–water partition coefficient (Wildman–Crippen LogP) is 5.34. The molecule has 148 valence electrons. The fraction of sp³-hybridized carbons (Fsp3) is 0.211. The molecule has 0 fully saturated rings. The van der Waals surface area contributed by atoms with E-state index in [2.05, 4.69) is 5.32 Å². The molecule has 0 unspecified atom stereocenters. The maximum atomic E-state index is 13.8. The minimum atomic E-state index is -4.58. The highest BCUT2D eigenvalue weighted by atomic mass is 32.1. The van der Waals surface area contributed by atoms with Crippen LogP contribution in [0.1, 0.15) is 15.2 Å². The first-order valence-electron chi connectivity index (χ1n) is 8.12. The summed E-state index contributed by atoms with van der Waals surface area (Å²) in [6.07, 6.45) is -4.58. The molecule has 9 heteroatoms. The fourth-order valence-corrected chi connectivity index (χ4v) is 3.46. The first-order chi connectivity index (χ1) is 13.3. The molecule has 0 aliphatic carbocycles. The standard InChI is InChI=1S/C19H15F4NO3S/c1-26-7-8-27-15-6-5-11(19(21,22)23)9-14(15)24-18(25)17-10-12-13(20)3-2-4-16(12)28-17/h2-6,9-10H,7-8H2,1H3,(H,24,25). The van der Waals surface area contributed by atoms with Gasteiger partial charge >= 0.3 is 6.18 Å². The van der Waals surface area contributed by atoms with E-state index in [4.69, 9.17) is 9.47 Å². The van der Waals surface area contributed by atoms with Crippen molar-refractivity contribution in [2.45, 2.75) is 6.18 Å². The summed E-state index contributed by atoms with van der Waals surface area (Å²) >= 11 is 1.04. The number of carbonyl (C=O) groups is 1. The maximum Gasteiger partial charge on any atom is 0.416 e. The lowest BCUT2D eigenvalue weighted by atomic mass is 10.1. The topological polar surface area (TPSA) is 47.6 Å². The molecule has 1 amide bonds. The number of carbonyl (C=O) groups excluding carboxylic acids is 1. The molecule has 0 spiro atoms. The van der Waals surface area contributed by atoms with Crippen LogP contribution in [0, 0.1) is 5.82 Å². The van der Waals surface area contributed by atoms with Gasteiger partial charge in [0.15, 0.2) is 0 Å². The zero-order valence-corrected chi connectivity index (χ0v) is 15.4. The van der Waals surface area contributed by atoms with Crippen LogP contribution in [-0.4, -0.2) is 26.2 Å². The third-order valence-electron chi connectivity index (χ3n) is 3.83. The Morgan fingerprint density at radius 3 is 2.61 bits per heavy atom. The Hall–Kier alpha value is -2.65. The van der Waals surface area contributed by atoms with Crippen LogP contribution in [0.25, 0.3) is 10.1 Å². The number of methoxy groups -OCH3 is 1. The minimum Gasteiger partial charge on any atom is -0.489 e. The molecular formula is C19H15F4NO3S. The Kier molecular flexibility index (Phi) is 5.85. The van der Waals surface area contributed by atoms with Crippen LogP contribution >= 0.6 is 11.3 Å². The lowest BCUT2D eigenvalue weighted by molar-refractivity contribution is -0.137. The molecule has 3 rings (SSSR count). The van der Waals surface area contributed by atoms with Gasteiger partial charge in [0.25, 0.3) is 5.91 Å². The number of halogens is 4. The molecule has 1 aromatic heterocycles. The average molecular weight is 413 g/mol. The molecule has 0 aliphatic heterocycles. The number of thiophene rings is 1. The number of hydrogen-bond donors (Lipinski definition) is 1. The molecule has 0 saturated heterocycles. The Labute approximate surface area is 161 Å². The monoisotopic (exact) mass is 413 g/mol. The fourth-order valence-electron chi connectivity index (χ4n) is 2.49. The SMILES string of the molecule is COCCOc1ccc(C(F)(F)F)cc1NC(=O)c1cc2c(F)cccc2s1. The smallest absolute Gasteiger partial charge is 0.416 e. The molecule has 0 atom stereocenters. The number of anilines is 1. The van der Waals surface area contributed by atoms with E-state index in [0.717, 1.165) is 29.5 Å². The molecule has 0 saturated carbocycles. The van der Waals surface area contributed by atoms with Crippen LogP contribution < -0.4 is 10.1 Å². The summed E-state index contributed by atoms with van der Waals surface area (Å²) in [7, 11) is 1.46. The van der Waals surface area contributed by atoms with Crippen molar-refractivity contribution in [2.75, 3.05) is 25.6 Å². The quantitative estimate of drug-likeness (QED) is 0.439. The van der Waals surface area contributed by atoms with Gasteiger partial charge in [0, 0.05) is 17.2 Å². The Morgan fingerprint density at radius 1 is 1.14 bits per heavy atom. The van der Waals surface area contributed by atoms with Gasteiger partial charge in [-0.05, 0) is 36.4 Å². The van der Waals surface area contributed by atoms with E-state index in [1.54, 1.807) is 6.07 Å². The Morgan fingerprint density at radius 2 is 1.93 bits per heavy atom. The number of fused-ring (bicyclic) bond motifs is 1. The summed E-state index contributed by atoms with van der Waals surface area (Å²) in [5.41, 5.74) is -1.06. The number of nitrogens with one attached hydrogen (secondary N) is 1. The number of hydrogen-bond acceptors (Lipinski definition) is 4. The van der Waals surface area contributed by atoms with Crippen molar-refractivity contribution in [1.29, 1.82) is 0 Å². The van der Waals surface area contributed by atoms with E-state index in [1.807, 2.05) is 0 Å². The van der Waals surface area contributed by atoms with E-state index in [-0.39, 0.29) is 34.9 Å². The van der Waals surface area contributed by atoms with Crippen molar-refractivity contribution in [1.82, 2.24) is 0 Å². The van der Waals surface area contributed by atoms with Gasteiger partial charge in [-0.25, -0.2) is 4.39 Å². The van der Waals surface area contributed by atoms with Crippen molar-refractivity contribution >= 4 is 33.0 Å². The van der Waals surface area contributed by atoms with Gasteiger partial charge in [0.1, 0.15) is 18.2 Å². The summed E-state index contributed by atoms with van der Waals surface area (Å²) in [5, 5.41) is 2.71. The average Bonchev–Trinajstić information content (AvgIpc) is 3.08. The lowest BCUT2D eigenvalue weighted by Gasteiger charge is -2.15. The molecule has 3 aromatic rings. The van der Waals surface area contributed by atoms with Crippen LogP contribution in [0.3, 0.4) is 0 Å². The zero-order chi connectivity index (χ0) is 20.3. The van der Waals surface area contributed by atoms with Crippen LogP contribution in [0.15, 0.2) is 42.5 Å². The highest BCUT2D eigenvalue weighted by Crippen LogP contribution is 2.36. The highest BCUT2D eigenvalue weighted by Gasteiger charge is 2.31. The molecule has 1 N–H and O–H groups in total. The summed E-state index contributed by atoms with van der Waals surface area (Å²) in [4.78, 5) is 12.7. The highest BCUT2D eigenvalue weighted by molar-refractivity contribution is 7.20. The van der Waals surface area contributed by atoms with Gasteiger partial charge in [-0.3, -0.25) is 4.79 Å². The minimum absolute atomic E-state index is 0.0747. The van der Waals surface area contributed by atoms with Gasteiger partial charge in [-0.15, -0.1) is 11.3 Å². The normalized spacial score (nSPS) is 11.6. The summed E-state index contributed by atoms with van der Waals surface area (Å²) in [6.45, 7) is 0.322. The first kappa shape index (κ1) is 20.1. The van der Waals surface area contributed by atoms with Gasteiger partial charge in [-0.1, -0.05) is 6.07 Å². The predicted molar refractivity (Wildman–Crippen MR) is 98.6 cm³/mol. The number of amides is 1. The molecule has 4 nitrogen and oxygen atoms in total. The van der Waals surface area contributed by atoms with Crippen molar-refractivity contribution in [3.05, 3.63) is 58.7 Å². The molecule has 0 radical (unpaired) electrons. The van der Waals surface area contributed by atoms with Crippen LogP contribution in [0.4, 0.5) is 23.2 Å². The van der Waals surface area contributed by atoms with Crippen molar-refractivity contribution in [3.8, 4) is 5.75 Å². The van der Waals surface area contributed by atoms with Crippen molar-refractivity contribution in [3.63, 3.8) is 0 Å². The zero-order valence-electron chi connectivity index (χ0n) is 14.6. The lowest BCUT2D eigenvalue weighted by Crippen LogP contribution is -2.14. The largest absolute Gasteiger partial charge is 0.489 e. The van der Waals surface area contributed by atoms with E-state index >= 15 is 0 Å². The van der Waals surface area contributed by atoms with E-state index in [9.17, 15) is 22.4 Å². The van der Waals surface area contributed by atoms with Crippen molar-refractivity contribution in [2.24, 2.45) is 0 Å². The third-order valence-corrected chi connectivity index (χ3v) is 4.93. The molecule has 0 aliphatic rings. The molecule has 2 aromatic carbocycles. The first-order valence-corrected chi connectivity index (χ1v) is 8.93. The molecular weight excluding hydrogens is 398 g/mol. The summed E-state index contributed by atoms with van der Waals surface area (Å²) < 4.78 is 63.7. The number of alkyl halides is 3. The maximum absolute atomic E-state index is 13.8. The van der Waals surface area contributed by atoms with Crippen LogP contribution in [0.5, 0.6) is 5.75 Å². The van der Waals surface area contributed by atoms with Gasteiger partial charge in [-0.2, -0.15) is 13.2 Å². The number of benzene rings is 2.